The van der Waals surface area contributed by atoms with Gasteiger partial charge in [0.15, 0.2) is 0 Å². The lowest BCUT2D eigenvalue weighted by atomic mass is 10.2. The van der Waals surface area contributed by atoms with Crippen molar-refractivity contribution in [2.75, 3.05) is 10.2 Å². The first-order chi connectivity index (χ1) is 10.6. The van der Waals surface area contributed by atoms with Crippen molar-refractivity contribution in [3.05, 3.63) is 59.9 Å². The maximum atomic E-state index is 13.8. The SMILES string of the molecule is Cc1cccc(N[C@@H]2CC(=O)N(c3ccccc3F)C2=O)c1. The summed E-state index contributed by atoms with van der Waals surface area (Å²) in [6.45, 7) is 1.94. The fourth-order valence-corrected chi connectivity index (χ4v) is 2.57. The van der Waals surface area contributed by atoms with Gasteiger partial charge < -0.3 is 5.32 Å². The molecule has 0 aromatic heterocycles. The Labute approximate surface area is 127 Å². The molecule has 2 aromatic rings. The lowest BCUT2D eigenvalue weighted by molar-refractivity contribution is -0.121. The number of hydrogen-bond donors (Lipinski definition) is 1. The monoisotopic (exact) mass is 298 g/mol. The molecule has 0 saturated carbocycles. The maximum absolute atomic E-state index is 13.8. The van der Waals surface area contributed by atoms with Crippen molar-refractivity contribution in [3.8, 4) is 0 Å². The fraction of sp³-hybridized carbons (Fsp3) is 0.176. The predicted molar refractivity (Wildman–Crippen MR) is 82.1 cm³/mol. The van der Waals surface area contributed by atoms with E-state index in [1.54, 1.807) is 6.07 Å². The lowest BCUT2D eigenvalue weighted by Crippen LogP contribution is -2.35. The van der Waals surface area contributed by atoms with E-state index in [1.165, 1.54) is 18.2 Å². The summed E-state index contributed by atoms with van der Waals surface area (Å²) in [6.07, 6.45) is 0.0150. The van der Waals surface area contributed by atoms with Crippen molar-refractivity contribution >= 4 is 23.2 Å². The summed E-state index contributed by atoms with van der Waals surface area (Å²) in [6, 6.07) is 12.6. The average Bonchev–Trinajstić information content (AvgIpc) is 2.74. The molecular weight excluding hydrogens is 283 g/mol. The molecule has 1 N–H and O–H groups in total. The molecule has 22 heavy (non-hydrogen) atoms. The van der Waals surface area contributed by atoms with Crippen molar-refractivity contribution in [2.24, 2.45) is 0 Å². The highest BCUT2D eigenvalue weighted by Gasteiger charge is 2.40. The Morgan fingerprint density at radius 3 is 2.64 bits per heavy atom. The molecule has 1 atom stereocenters. The fourth-order valence-electron chi connectivity index (χ4n) is 2.57. The Hall–Kier alpha value is -2.69. The minimum absolute atomic E-state index is 0.00559. The second-order valence-electron chi connectivity index (χ2n) is 5.29. The number of para-hydroxylation sites is 1. The van der Waals surface area contributed by atoms with Crippen molar-refractivity contribution in [3.63, 3.8) is 0 Å². The van der Waals surface area contributed by atoms with Crippen LogP contribution in [-0.2, 0) is 9.59 Å². The Bertz CT molecular complexity index is 745. The molecule has 0 aliphatic carbocycles. The molecular formula is C17H15FN2O2. The zero-order valence-electron chi connectivity index (χ0n) is 12.0. The van der Waals surface area contributed by atoms with E-state index in [-0.39, 0.29) is 12.1 Å². The van der Waals surface area contributed by atoms with Crippen LogP contribution in [0, 0.1) is 12.7 Å². The zero-order valence-corrected chi connectivity index (χ0v) is 12.0. The van der Waals surface area contributed by atoms with Crippen LogP contribution in [0.4, 0.5) is 15.8 Å². The van der Waals surface area contributed by atoms with Crippen molar-refractivity contribution < 1.29 is 14.0 Å². The Kier molecular flexibility index (Phi) is 3.63. The summed E-state index contributed by atoms with van der Waals surface area (Å²) in [4.78, 5) is 25.5. The molecule has 4 nitrogen and oxygen atoms in total. The molecule has 1 aliphatic heterocycles. The van der Waals surface area contributed by atoms with E-state index in [4.69, 9.17) is 0 Å². The summed E-state index contributed by atoms with van der Waals surface area (Å²) < 4.78 is 13.8. The quantitative estimate of drug-likeness (QED) is 0.886. The number of carbonyl (C=O) groups excluding carboxylic acids is 2. The highest BCUT2D eigenvalue weighted by atomic mass is 19.1. The first-order valence-electron chi connectivity index (χ1n) is 7.01. The number of benzene rings is 2. The van der Waals surface area contributed by atoms with Gasteiger partial charge in [0.05, 0.1) is 12.1 Å². The second-order valence-corrected chi connectivity index (χ2v) is 5.29. The molecule has 0 radical (unpaired) electrons. The van der Waals surface area contributed by atoms with Gasteiger partial charge in [-0.1, -0.05) is 24.3 Å². The number of imide groups is 1. The van der Waals surface area contributed by atoms with Crippen LogP contribution < -0.4 is 10.2 Å². The highest BCUT2D eigenvalue weighted by Crippen LogP contribution is 2.27. The highest BCUT2D eigenvalue weighted by molar-refractivity contribution is 6.23. The van der Waals surface area contributed by atoms with Gasteiger partial charge in [0.2, 0.25) is 5.91 Å². The van der Waals surface area contributed by atoms with Gasteiger partial charge in [-0.25, -0.2) is 9.29 Å². The van der Waals surface area contributed by atoms with Gasteiger partial charge >= 0.3 is 0 Å². The molecule has 2 aromatic carbocycles. The van der Waals surface area contributed by atoms with Crippen LogP contribution in [0.2, 0.25) is 0 Å². The lowest BCUT2D eigenvalue weighted by Gasteiger charge is -2.16. The minimum Gasteiger partial charge on any atom is -0.373 e. The van der Waals surface area contributed by atoms with Crippen LogP contribution in [0.15, 0.2) is 48.5 Å². The normalized spacial score (nSPS) is 17.9. The Morgan fingerprint density at radius 2 is 1.91 bits per heavy atom. The van der Waals surface area contributed by atoms with Crippen molar-refractivity contribution in [2.45, 2.75) is 19.4 Å². The van der Waals surface area contributed by atoms with Crippen molar-refractivity contribution in [1.29, 1.82) is 0 Å². The molecule has 1 heterocycles. The van der Waals surface area contributed by atoms with E-state index in [1.807, 2.05) is 31.2 Å². The molecule has 1 fully saturated rings. The van der Waals surface area contributed by atoms with Gasteiger partial charge in [-0.05, 0) is 36.8 Å². The molecule has 0 spiro atoms. The third-order valence-corrected chi connectivity index (χ3v) is 3.60. The largest absolute Gasteiger partial charge is 0.373 e. The number of carbonyl (C=O) groups is 2. The third kappa shape index (κ3) is 2.57. The Balaban J connectivity index is 1.84. The van der Waals surface area contributed by atoms with E-state index in [0.29, 0.717) is 0 Å². The molecule has 5 heteroatoms. The summed E-state index contributed by atoms with van der Waals surface area (Å²) in [5, 5.41) is 3.05. The molecule has 1 aliphatic rings. The van der Waals surface area contributed by atoms with Gasteiger partial charge in [-0.2, -0.15) is 0 Å². The van der Waals surface area contributed by atoms with Crippen LogP contribution in [0.1, 0.15) is 12.0 Å². The predicted octanol–water partition coefficient (Wildman–Crippen LogP) is 2.88. The zero-order chi connectivity index (χ0) is 15.7. The molecule has 112 valence electrons. The molecule has 1 saturated heterocycles. The van der Waals surface area contributed by atoms with Gasteiger partial charge in [0, 0.05) is 5.69 Å². The van der Waals surface area contributed by atoms with Gasteiger partial charge in [-0.15, -0.1) is 0 Å². The number of hydrogen-bond acceptors (Lipinski definition) is 3. The molecule has 3 rings (SSSR count). The van der Waals surface area contributed by atoms with E-state index in [0.717, 1.165) is 16.2 Å². The third-order valence-electron chi connectivity index (χ3n) is 3.60. The first kappa shape index (κ1) is 14.3. The number of nitrogens with one attached hydrogen (secondary N) is 1. The van der Waals surface area contributed by atoms with Gasteiger partial charge in [0.1, 0.15) is 11.9 Å². The number of halogens is 1. The molecule has 0 bridgehead atoms. The van der Waals surface area contributed by atoms with E-state index < -0.39 is 23.7 Å². The molecule has 2 amide bonds. The average molecular weight is 298 g/mol. The Morgan fingerprint density at radius 1 is 1.14 bits per heavy atom. The van der Waals surface area contributed by atoms with Crippen molar-refractivity contribution in [1.82, 2.24) is 0 Å². The van der Waals surface area contributed by atoms with E-state index in [9.17, 15) is 14.0 Å². The molecule has 0 unspecified atom stereocenters. The smallest absolute Gasteiger partial charge is 0.256 e. The standard InChI is InChI=1S/C17H15FN2O2/c1-11-5-4-6-12(9-11)19-14-10-16(21)20(17(14)22)15-8-3-2-7-13(15)18/h2-9,14,19H,10H2,1H3/t14-/m1/s1. The summed E-state index contributed by atoms with van der Waals surface area (Å²) in [5.41, 5.74) is 1.82. The minimum atomic E-state index is -0.672. The van der Waals surface area contributed by atoms with Crippen LogP contribution in [-0.4, -0.2) is 17.9 Å². The first-order valence-corrected chi connectivity index (χ1v) is 7.01. The van der Waals surface area contributed by atoms with Crippen LogP contribution >= 0.6 is 0 Å². The van der Waals surface area contributed by atoms with E-state index >= 15 is 0 Å². The topological polar surface area (TPSA) is 49.4 Å². The van der Waals surface area contributed by atoms with Crippen LogP contribution in [0.25, 0.3) is 0 Å². The van der Waals surface area contributed by atoms with Crippen LogP contribution in [0.5, 0.6) is 0 Å². The summed E-state index contributed by atoms with van der Waals surface area (Å²) >= 11 is 0. The number of amides is 2. The number of nitrogens with zero attached hydrogens (tertiary/aromatic N) is 1. The number of aryl methyl sites for hydroxylation is 1. The summed E-state index contributed by atoms with van der Waals surface area (Å²) in [7, 11) is 0. The van der Waals surface area contributed by atoms with Gasteiger partial charge in [-0.3, -0.25) is 9.59 Å². The van der Waals surface area contributed by atoms with Crippen LogP contribution in [0.3, 0.4) is 0 Å². The van der Waals surface area contributed by atoms with E-state index in [2.05, 4.69) is 5.32 Å². The number of rotatable bonds is 3. The van der Waals surface area contributed by atoms with Gasteiger partial charge in [0.25, 0.3) is 5.91 Å². The number of anilines is 2. The second kappa shape index (κ2) is 5.60. The maximum Gasteiger partial charge on any atom is 0.256 e. The summed E-state index contributed by atoms with van der Waals surface area (Å²) in [5.74, 6) is -1.42.